The molecule has 0 unspecified atom stereocenters. The van der Waals surface area contributed by atoms with E-state index in [1.54, 1.807) is 13.1 Å². The Morgan fingerprint density at radius 1 is 1.28 bits per heavy atom. The molecule has 8 nitrogen and oxygen atoms in total. The van der Waals surface area contributed by atoms with E-state index in [1.165, 1.54) is 18.5 Å². The molecule has 0 atom stereocenters. The maximum Gasteiger partial charge on any atom is 0.242 e. The normalized spacial score (nSPS) is 11.7. The molecule has 0 saturated carbocycles. The predicted molar refractivity (Wildman–Crippen MR) is 108 cm³/mol. The second kappa shape index (κ2) is 10.4. The Morgan fingerprint density at radius 3 is 2.68 bits per heavy atom. The number of guanidine groups is 1. The summed E-state index contributed by atoms with van der Waals surface area (Å²) in [5.74, 6) is 0.611. The van der Waals surface area contributed by atoms with Gasteiger partial charge in [-0.1, -0.05) is 0 Å². The average Bonchev–Trinajstić information content (AvgIpc) is 3.00. The van der Waals surface area contributed by atoms with Crippen molar-refractivity contribution in [2.45, 2.75) is 11.4 Å². The van der Waals surface area contributed by atoms with Crippen molar-refractivity contribution in [3.05, 3.63) is 48.5 Å². The number of aromatic nitrogens is 2. The van der Waals surface area contributed by atoms with Crippen LogP contribution in [0.5, 0.6) is 0 Å². The quantitative estimate of drug-likeness (QED) is 0.235. The van der Waals surface area contributed by atoms with E-state index in [-0.39, 0.29) is 35.4 Å². The van der Waals surface area contributed by atoms with Crippen molar-refractivity contribution in [3.8, 4) is 0 Å². The Bertz CT molecular complexity index is 776. The zero-order valence-electron chi connectivity index (χ0n) is 14.1. The summed E-state index contributed by atoms with van der Waals surface area (Å²) in [5, 5.41) is 6.23. The van der Waals surface area contributed by atoms with E-state index in [2.05, 4.69) is 25.3 Å². The number of aryl methyl sites for hydroxylation is 1. The first kappa shape index (κ1) is 21.4. The fourth-order valence-electron chi connectivity index (χ4n) is 2.03. The minimum Gasteiger partial charge on any atom is -0.357 e. The molecule has 2 rings (SSSR count). The number of halogens is 1. The van der Waals surface area contributed by atoms with Crippen LogP contribution < -0.4 is 15.4 Å². The summed E-state index contributed by atoms with van der Waals surface area (Å²) in [5.41, 5.74) is 1.14. The van der Waals surface area contributed by atoms with Crippen LogP contribution in [0.25, 0.3) is 0 Å². The molecule has 0 fully saturated rings. The topological polar surface area (TPSA) is 100 Å². The average molecular weight is 478 g/mol. The predicted octanol–water partition coefficient (Wildman–Crippen LogP) is 0.682. The van der Waals surface area contributed by atoms with Crippen molar-refractivity contribution in [1.29, 1.82) is 0 Å². The van der Waals surface area contributed by atoms with Crippen LogP contribution in [0.1, 0.15) is 5.56 Å². The maximum absolute atomic E-state index is 12.0. The third kappa shape index (κ3) is 7.00. The number of hydrogen-bond donors (Lipinski definition) is 3. The zero-order chi connectivity index (χ0) is 17.4. The number of hydrogen-bond acceptors (Lipinski definition) is 4. The largest absolute Gasteiger partial charge is 0.357 e. The highest BCUT2D eigenvalue weighted by atomic mass is 127. The van der Waals surface area contributed by atoms with E-state index in [0.717, 1.165) is 5.56 Å². The van der Waals surface area contributed by atoms with Gasteiger partial charge >= 0.3 is 0 Å². The lowest BCUT2D eigenvalue weighted by molar-refractivity contribution is 0.580. The van der Waals surface area contributed by atoms with E-state index in [4.69, 9.17) is 0 Å². The standard InChI is InChI=1S/C15H22N6O2S.HI/c1-16-15(19-10-13-5-9-21(2)12-13)18-7-8-20-24(22,23)14-4-3-6-17-11-14;/h3-6,9,11-12,20H,7-8,10H2,1-2H3,(H2,16,18,19);1H. The van der Waals surface area contributed by atoms with Gasteiger partial charge in [0.05, 0.1) is 0 Å². The first-order chi connectivity index (χ1) is 11.5. The van der Waals surface area contributed by atoms with Gasteiger partial charge in [-0.2, -0.15) is 0 Å². The molecule has 0 aliphatic carbocycles. The van der Waals surface area contributed by atoms with Crippen LogP contribution in [0.15, 0.2) is 52.9 Å². The number of sulfonamides is 1. The van der Waals surface area contributed by atoms with Crippen molar-refractivity contribution in [2.75, 3.05) is 20.1 Å². The van der Waals surface area contributed by atoms with Gasteiger partial charge in [0.25, 0.3) is 0 Å². The fraction of sp³-hybridized carbons (Fsp3) is 0.333. The van der Waals surface area contributed by atoms with E-state index in [1.807, 2.05) is 30.1 Å². The summed E-state index contributed by atoms with van der Waals surface area (Å²) in [7, 11) is 0.0970. The zero-order valence-corrected chi connectivity index (χ0v) is 17.3. The maximum atomic E-state index is 12.0. The Morgan fingerprint density at radius 2 is 2.08 bits per heavy atom. The smallest absolute Gasteiger partial charge is 0.242 e. The Kier molecular flexibility index (Phi) is 8.86. The highest BCUT2D eigenvalue weighted by Crippen LogP contribution is 2.04. The second-order valence-electron chi connectivity index (χ2n) is 5.12. The highest BCUT2D eigenvalue weighted by Gasteiger charge is 2.12. The van der Waals surface area contributed by atoms with Crippen LogP contribution in [0.4, 0.5) is 0 Å². The third-order valence-electron chi connectivity index (χ3n) is 3.23. The molecule has 2 heterocycles. The van der Waals surface area contributed by atoms with Gasteiger partial charge in [-0.05, 0) is 23.8 Å². The summed E-state index contributed by atoms with van der Waals surface area (Å²) >= 11 is 0. The Hall–Kier alpha value is -1.66. The molecule has 3 N–H and O–H groups in total. The summed E-state index contributed by atoms with van der Waals surface area (Å²) in [6, 6.07) is 5.10. The molecule has 0 amide bonds. The molecule has 0 aromatic carbocycles. The summed E-state index contributed by atoms with van der Waals surface area (Å²) in [6.45, 7) is 1.29. The van der Waals surface area contributed by atoms with Gasteiger partial charge in [0.1, 0.15) is 4.90 Å². The van der Waals surface area contributed by atoms with E-state index in [0.29, 0.717) is 19.0 Å². The molecular weight excluding hydrogens is 455 g/mol. The van der Waals surface area contributed by atoms with Crippen molar-refractivity contribution in [3.63, 3.8) is 0 Å². The first-order valence-corrected chi connectivity index (χ1v) is 8.94. The van der Waals surface area contributed by atoms with Crippen LogP contribution in [-0.2, 0) is 23.6 Å². The summed E-state index contributed by atoms with van der Waals surface area (Å²) in [6.07, 6.45) is 6.84. The van der Waals surface area contributed by atoms with Gasteiger partial charge in [0.15, 0.2) is 5.96 Å². The lowest BCUT2D eigenvalue weighted by Gasteiger charge is -2.12. The van der Waals surface area contributed by atoms with E-state index >= 15 is 0 Å². The van der Waals surface area contributed by atoms with Crippen LogP contribution in [0.2, 0.25) is 0 Å². The van der Waals surface area contributed by atoms with E-state index < -0.39 is 10.0 Å². The van der Waals surface area contributed by atoms with Gasteiger partial charge < -0.3 is 15.2 Å². The minimum atomic E-state index is -3.53. The Labute approximate surface area is 165 Å². The van der Waals surface area contributed by atoms with Crippen LogP contribution in [0.3, 0.4) is 0 Å². The molecule has 0 bridgehead atoms. The number of rotatable bonds is 7. The second-order valence-corrected chi connectivity index (χ2v) is 6.89. The van der Waals surface area contributed by atoms with Crippen molar-refractivity contribution in [2.24, 2.45) is 12.0 Å². The summed E-state index contributed by atoms with van der Waals surface area (Å²) < 4.78 is 28.6. The number of aliphatic imine (C=N–C) groups is 1. The fourth-order valence-corrected chi connectivity index (χ4v) is 3.02. The van der Waals surface area contributed by atoms with Crippen molar-refractivity contribution < 1.29 is 8.42 Å². The van der Waals surface area contributed by atoms with Gasteiger partial charge in [-0.15, -0.1) is 24.0 Å². The Balaban J connectivity index is 0.00000312. The van der Waals surface area contributed by atoms with Gasteiger partial charge in [0.2, 0.25) is 10.0 Å². The van der Waals surface area contributed by atoms with E-state index in [9.17, 15) is 8.42 Å². The molecule has 10 heteroatoms. The van der Waals surface area contributed by atoms with Crippen LogP contribution in [-0.4, -0.2) is 44.1 Å². The molecular formula is C15H23IN6O2S. The molecule has 0 spiro atoms. The molecule has 0 aliphatic rings. The minimum absolute atomic E-state index is 0. The highest BCUT2D eigenvalue weighted by molar-refractivity contribution is 14.0. The molecule has 138 valence electrons. The monoisotopic (exact) mass is 478 g/mol. The lowest BCUT2D eigenvalue weighted by atomic mass is 10.3. The SMILES string of the molecule is CN=C(NCCNS(=O)(=O)c1cccnc1)NCc1ccn(C)c1.I. The van der Waals surface area contributed by atoms with Crippen LogP contribution >= 0.6 is 24.0 Å². The molecule has 0 saturated heterocycles. The third-order valence-corrected chi connectivity index (χ3v) is 4.68. The first-order valence-electron chi connectivity index (χ1n) is 7.46. The van der Waals surface area contributed by atoms with Gasteiger partial charge in [0, 0.05) is 58.5 Å². The van der Waals surface area contributed by atoms with Gasteiger partial charge in [-0.3, -0.25) is 9.98 Å². The van der Waals surface area contributed by atoms with Crippen LogP contribution in [0, 0.1) is 0 Å². The number of nitrogens with zero attached hydrogens (tertiary/aromatic N) is 3. The molecule has 2 aromatic rings. The van der Waals surface area contributed by atoms with Gasteiger partial charge in [-0.25, -0.2) is 13.1 Å². The molecule has 25 heavy (non-hydrogen) atoms. The number of nitrogens with one attached hydrogen (secondary N) is 3. The lowest BCUT2D eigenvalue weighted by Crippen LogP contribution is -2.41. The number of pyridine rings is 1. The summed E-state index contributed by atoms with van der Waals surface area (Å²) in [4.78, 5) is 8.06. The van der Waals surface area contributed by atoms with Crippen molar-refractivity contribution in [1.82, 2.24) is 24.9 Å². The molecule has 2 aromatic heterocycles. The molecule has 0 aliphatic heterocycles. The van der Waals surface area contributed by atoms with Crippen molar-refractivity contribution >= 4 is 40.0 Å². The molecule has 0 radical (unpaired) electrons.